The summed E-state index contributed by atoms with van der Waals surface area (Å²) in [5.41, 5.74) is -0.730. The van der Waals surface area contributed by atoms with Crippen molar-refractivity contribution in [3.8, 4) is 11.1 Å². The van der Waals surface area contributed by atoms with Crippen molar-refractivity contribution in [1.82, 2.24) is 9.88 Å². The van der Waals surface area contributed by atoms with Gasteiger partial charge in [-0.2, -0.15) is 13.2 Å². The molecule has 5 nitrogen and oxygen atoms in total. The van der Waals surface area contributed by atoms with Gasteiger partial charge in [0.05, 0.1) is 29.0 Å². The van der Waals surface area contributed by atoms with Crippen molar-refractivity contribution in [2.24, 2.45) is 5.16 Å². The van der Waals surface area contributed by atoms with E-state index in [0.717, 1.165) is 18.2 Å². The minimum absolute atomic E-state index is 0.000639. The predicted octanol–water partition coefficient (Wildman–Crippen LogP) is 7.18. The molecule has 1 aliphatic heterocycles. The van der Waals surface area contributed by atoms with Crippen LogP contribution in [-0.4, -0.2) is 15.7 Å². The number of amidine groups is 1. The van der Waals surface area contributed by atoms with E-state index in [0.29, 0.717) is 5.56 Å². The maximum Gasteiger partial charge on any atom is 0.417 e. The molecule has 3 heterocycles. The van der Waals surface area contributed by atoms with Crippen molar-refractivity contribution >= 4 is 17.4 Å². The third-order valence-electron chi connectivity index (χ3n) is 5.61. The highest BCUT2D eigenvalue weighted by molar-refractivity contribution is 6.32. The Hall–Kier alpha value is -3.92. The standard InChI is InChI=1S/C25H15ClF5N3O2/c26-22-16(4-1-5-17(22)25(29,30)31)24-34(23(33-36-24)20-8-3-11-35-20)13-14-12-32-10-9-15(14)21-18(27)6-2-7-19(21)28/h1-12,24H,13H2. The lowest BCUT2D eigenvalue weighted by Gasteiger charge is -2.27. The molecule has 0 radical (unpaired) electrons. The Bertz CT molecular complexity index is 1420. The van der Waals surface area contributed by atoms with E-state index in [4.69, 9.17) is 20.9 Å². The number of hydrogen-bond acceptors (Lipinski definition) is 5. The molecule has 36 heavy (non-hydrogen) atoms. The molecule has 4 aromatic rings. The fourth-order valence-electron chi connectivity index (χ4n) is 3.99. The fourth-order valence-corrected chi connectivity index (χ4v) is 4.32. The zero-order chi connectivity index (χ0) is 25.4. The highest BCUT2D eigenvalue weighted by Crippen LogP contribution is 2.42. The smallest absolute Gasteiger partial charge is 0.417 e. The molecule has 2 aromatic heterocycles. The molecule has 0 saturated heterocycles. The molecule has 0 N–H and O–H groups in total. The van der Waals surface area contributed by atoms with Crippen LogP contribution in [0.4, 0.5) is 22.0 Å². The minimum atomic E-state index is -4.69. The zero-order valence-corrected chi connectivity index (χ0v) is 18.9. The second-order valence-corrected chi connectivity index (χ2v) is 8.19. The van der Waals surface area contributed by atoms with Gasteiger partial charge in [-0.3, -0.25) is 4.98 Å². The maximum atomic E-state index is 14.6. The van der Waals surface area contributed by atoms with E-state index >= 15 is 0 Å². The van der Waals surface area contributed by atoms with Gasteiger partial charge in [-0.25, -0.2) is 8.78 Å². The van der Waals surface area contributed by atoms with Crippen LogP contribution in [0, 0.1) is 11.6 Å². The number of halogens is 6. The van der Waals surface area contributed by atoms with Gasteiger partial charge < -0.3 is 14.2 Å². The summed E-state index contributed by atoms with van der Waals surface area (Å²) in [5, 5.41) is 3.47. The van der Waals surface area contributed by atoms with Crippen LogP contribution in [0.3, 0.4) is 0 Å². The minimum Gasteiger partial charge on any atom is -0.461 e. The second-order valence-electron chi connectivity index (χ2n) is 7.81. The quantitative estimate of drug-likeness (QED) is 0.262. The van der Waals surface area contributed by atoms with Gasteiger partial charge in [-0.1, -0.05) is 35.0 Å². The highest BCUT2D eigenvalue weighted by atomic mass is 35.5. The molecule has 0 aliphatic carbocycles. The van der Waals surface area contributed by atoms with Crippen molar-refractivity contribution < 1.29 is 31.2 Å². The molecule has 2 aromatic carbocycles. The van der Waals surface area contributed by atoms with E-state index < -0.39 is 34.6 Å². The normalized spacial score (nSPS) is 15.7. The second kappa shape index (κ2) is 9.27. The molecule has 0 saturated carbocycles. The van der Waals surface area contributed by atoms with Crippen LogP contribution < -0.4 is 0 Å². The summed E-state index contributed by atoms with van der Waals surface area (Å²) in [6.45, 7) is -0.103. The molecular formula is C25H15ClF5N3O2. The Morgan fingerprint density at radius 3 is 2.42 bits per heavy atom. The molecule has 5 rings (SSSR count). The Morgan fingerprint density at radius 1 is 0.972 bits per heavy atom. The number of alkyl halides is 3. The lowest BCUT2D eigenvalue weighted by molar-refractivity contribution is -0.137. The molecule has 11 heteroatoms. The van der Waals surface area contributed by atoms with Crippen LogP contribution in [0.15, 0.2) is 82.8 Å². The van der Waals surface area contributed by atoms with Crippen LogP contribution in [-0.2, 0) is 17.6 Å². The Kier molecular flexibility index (Phi) is 6.13. The van der Waals surface area contributed by atoms with Gasteiger partial charge in [-0.05, 0) is 47.5 Å². The number of furan rings is 1. The van der Waals surface area contributed by atoms with Crippen molar-refractivity contribution in [1.29, 1.82) is 0 Å². The predicted molar refractivity (Wildman–Crippen MR) is 121 cm³/mol. The van der Waals surface area contributed by atoms with Gasteiger partial charge in [0.25, 0.3) is 0 Å². The number of oxime groups is 1. The molecule has 1 atom stereocenters. The monoisotopic (exact) mass is 519 g/mol. The first-order valence-corrected chi connectivity index (χ1v) is 10.9. The van der Waals surface area contributed by atoms with Gasteiger partial charge in [0.15, 0.2) is 5.76 Å². The van der Waals surface area contributed by atoms with Crippen LogP contribution in [0.1, 0.15) is 28.7 Å². The number of benzene rings is 2. The summed E-state index contributed by atoms with van der Waals surface area (Å²) >= 11 is 6.17. The van der Waals surface area contributed by atoms with Crippen LogP contribution >= 0.6 is 11.6 Å². The molecule has 0 bridgehead atoms. The number of hydrogen-bond donors (Lipinski definition) is 0. The summed E-state index contributed by atoms with van der Waals surface area (Å²) < 4.78 is 75.2. The van der Waals surface area contributed by atoms with Crippen LogP contribution in [0.5, 0.6) is 0 Å². The topological polar surface area (TPSA) is 50.9 Å². The van der Waals surface area contributed by atoms with Crippen LogP contribution in [0.25, 0.3) is 11.1 Å². The fraction of sp³-hybridized carbons (Fsp3) is 0.120. The zero-order valence-electron chi connectivity index (χ0n) is 18.1. The van der Waals surface area contributed by atoms with Gasteiger partial charge in [0, 0.05) is 18.0 Å². The van der Waals surface area contributed by atoms with Gasteiger partial charge in [0.2, 0.25) is 12.1 Å². The number of nitrogens with zero attached hydrogens (tertiary/aromatic N) is 3. The highest BCUT2D eigenvalue weighted by Gasteiger charge is 2.40. The van der Waals surface area contributed by atoms with Crippen molar-refractivity contribution in [2.45, 2.75) is 18.9 Å². The van der Waals surface area contributed by atoms with E-state index in [2.05, 4.69) is 10.1 Å². The van der Waals surface area contributed by atoms with E-state index in [1.807, 2.05) is 0 Å². The summed E-state index contributed by atoms with van der Waals surface area (Å²) in [6, 6.07) is 11.6. The van der Waals surface area contributed by atoms with E-state index in [9.17, 15) is 22.0 Å². The summed E-state index contributed by atoms with van der Waals surface area (Å²) in [6.07, 6.45) is -1.71. The first kappa shape index (κ1) is 23.8. The van der Waals surface area contributed by atoms with Gasteiger partial charge in [0.1, 0.15) is 11.6 Å². The lowest BCUT2D eigenvalue weighted by Crippen LogP contribution is -2.31. The largest absolute Gasteiger partial charge is 0.461 e. The van der Waals surface area contributed by atoms with Crippen LogP contribution in [0.2, 0.25) is 5.02 Å². The molecule has 1 unspecified atom stereocenters. The van der Waals surface area contributed by atoms with Gasteiger partial charge in [-0.15, -0.1) is 0 Å². The Balaban J connectivity index is 1.61. The van der Waals surface area contributed by atoms with Gasteiger partial charge >= 0.3 is 6.18 Å². The first-order valence-electron chi connectivity index (χ1n) is 10.5. The van der Waals surface area contributed by atoms with Crippen molar-refractivity contribution in [2.75, 3.05) is 0 Å². The molecule has 0 amide bonds. The third-order valence-corrected chi connectivity index (χ3v) is 6.03. The third kappa shape index (κ3) is 4.28. The van der Waals surface area contributed by atoms with E-state index in [-0.39, 0.29) is 34.8 Å². The summed E-state index contributed by atoms with van der Waals surface area (Å²) in [4.78, 5) is 11.1. The number of rotatable bonds is 5. The lowest BCUT2D eigenvalue weighted by atomic mass is 9.99. The summed E-state index contributed by atoms with van der Waals surface area (Å²) in [5.74, 6) is -1.14. The average molecular weight is 520 g/mol. The number of pyridine rings is 1. The average Bonchev–Trinajstić information content (AvgIpc) is 3.50. The first-order chi connectivity index (χ1) is 17.3. The molecule has 1 aliphatic rings. The van der Waals surface area contributed by atoms with Crippen molar-refractivity contribution in [3.05, 3.63) is 112 Å². The Labute approximate surface area is 206 Å². The van der Waals surface area contributed by atoms with E-state index in [1.165, 1.54) is 47.8 Å². The van der Waals surface area contributed by atoms with Crippen molar-refractivity contribution in [3.63, 3.8) is 0 Å². The van der Waals surface area contributed by atoms with E-state index in [1.54, 1.807) is 12.1 Å². The SMILES string of the molecule is Fc1cccc(F)c1-c1ccncc1CN1C(c2ccco2)=NOC1c1cccc(C(F)(F)F)c1Cl. The molecule has 0 fully saturated rings. The Morgan fingerprint density at radius 2 is 1.72 bits per heavy atom. The number of aromatic nitrogens is 1. The molecular weight excluding hydrogens is 505 g/mol. The summed E-state index contributed by atoms with van der Waals surface area (Å²) in [7, 11) is 0. The molecule has 184 valence electrons. The maximum absolute atomic E-state index is 14.6. The molecule has 0 spiro atoms.